The Balaban J connectivity index is 1.56. The zero-order valence-corrected chi connectivity index (χ0v) is 17.0. The Labute approximate surface area is 174 Å². The minimum Gasteiger partial charge on any atom is -0.354 e. The lowest BCUT2D eigenvalue weighted by molar-refractivity contribution is -0.121. The smallest absolute Gasteiger partial charge is 0.278 e. The van der Waals surface area contributed by atoms with Gasteiger partial charge in [-0.2, -0.15) is 10.2 Å². The van der Waals surface area contributed by atoms with E-state index in [9.17, 15) is 9.59 Å². The summed E-state index contributed by atoms with van der Waals surface area (Å²) in [5.41, 5.74) is 3.60. The molecule has 1 amide bonds. The first-order valence-electron chi connectivity index (χ1n) is 9.87. The molecule has 152 valence electrons. The molecule has 30 heavy (non-hydrogen) atoms. The second-order valence-corrected chi connectivity index (χ2v) is 7.19. The third-order valence-electron chi connectivity index (χ3n) is 5.05. The van der Waals surface area contributed by atoms with Crippen LogP contribution in [-0.2, 0) is 17.8 Å². The standard InChI is InChI=1S/C23H23N5O2/c1-16-22-21(17(2)28(26-22)19-11-7-4-8-12-19)23(30)27(25-16)15-20(29)24-14-13-18-9-5-3-6-10-18/h3-12H,13-15H2,1-2H3,(H,24,29). The van der Waals surface area contributed by atoms with E-state index < -0.39 is 0 Å². The van der Waals surface area contributed by atoms with Gasteiger partial charge in [-0.1, -0.05) is 48.5 Å². The topological polar surface area (TPSA) is 81.8 Å². The van der Waals surface area contributed by atoms with E-state index in [-0.39, 0.29) is 18.0 Å². The summed E-state index contributed by atoms with van der Waals surface area (Å²) in [5.74, 6) is -0.243. The van der Waals surface area contributed by atoms with Gasteiger partial charge in [0.05, 0.1) is 22.5 Å². The largest absolute Gasteiger partial charge is 0.354 e. The number of hydrogen-bond donors (Lipinski definition) is 1. The SMILES string of the molecule is Cc1nn(CC(=O)NCCc2ccccc2)c(=O)c2c(C)n(-c3ccccc3)nc12. The van der Waals surface area contributed by atoms with Crippen LogP contribution >= 0.6 is 0 Å². The first-order valence-corrected chi connectivity index (χ1v) is 9.87. The quantitative estimate of drug-likeness (QED) is 0.538. The van der Waals surface area contributed by atoms with Gasteiger partial charge in [0.2, 0.25) is 5.91 Å². The van der Waals surface area contributed by atoms with E-state index in [1.54, 1.807) is 11.6 Å². The summed E-state index contributed by atoms with van der Waals surface area (Å²) in [5, 5.41) is 12.3. The highest BCUT2D eigenvalue weighted by atomic mass is 16.2. The van der Waals surface area contributed by atoms with Crippen LogP contribution in [0.4, 0.5) is 0 Å². The van der Waals surface area contributed by atoms with E-state index >= 15 is 0 Å². The molecule has 0 aliphatic carbocycles. The van der Waals surface area contributed by atoms with Crippen molar-refractivity contribution in [3.05, 3.63) is 88.0 Å². The molecule has 4 rings (SSSR count). The molecule has 2 aromatic carbocycles. The van der Waals surface area contributed by atoms with E-state index in [2.05, 4.69) is 15.5 Å². The minimum atomic E-state index is -0.312. The van der Waals surface area contributed by atoms with Crippen LogP contribution < -0.4 is 10.9 Å². The molecule has 0 radical (unpaired) electrons. The van der Waals surface area contributed by atoms with Crippen LogP contribution in [0.5, 0.6) is 0 Å². The molecule has 1 N–H and O–H groups in total. The van der Waals surface area contributed by atoms with Gasteiger partial charge in [-0.25, -0.2) is 9.36 Å². The van der Waals surface area contributed by atoms with Gasteiger partial charge in [-0.15, -0.1) is 0 Å². The highest BCUT2D eigenvalue weighted by Crippen LogP contribution is 2.19. The molecule has 7 nitrogen and oxygen atoms in total. The van der Waals surface area contributed by atoms with E-state index in [0.717, 1.165) is 23.4 Å². The van der Waals surface area contributed by atoms with Crippen LogP contribution in [0.3, 0.4) is 0 Å². The Kier molecular flexibility index (Phi) is 5.43. The maximum atomic E-state index is 13.0. The van der Waals surface area contributed by atoms with Crippen molar-refractivity contribution in [1.29, 1.82) is 0 Å². The molecular weight excluding hydrogens is 378 g/mol. The number of nitrogens with zero attached hydrogens (tertiary/aromatic N) is 4. The van der Waals surface area contributed by atoms with Crippen molar-refractivity contribution < 1.29 is 4.79 Å². The second kappa shape index (κ2) is 8.32. The molecule has 0 saturated carbocycles. The van der Waals surface area contributed by atoms with E-state index in [1.165, 1.54) is 4.68 Å². The molecule has 7 heteroatoms. The predicted molar refractivity (Wildman–Crippen MR) is 116 cm³/mol. The lowest BCUT2D eigenvalue weighted by atomic mass is 10.1. The molecule has 0 unspecified atom stereocenters. The van der Waals surface area contributed by atoms with Crippen LogP contribution in [0.2, 0.25) is 0 Å². The summed E-state index contributed by atoms with van der Waals surface area (Å²) in [7, 11) is 0. The summed E-state index contributed by atoms with van der Waals surface area (Å²) in [6, 6.07) is 19.6. The summed E-state index contributed by atoms with van der Waals surface area (Å²) in [4.78, 5) is 25.4. The van der Waals surface area contributed by atoms with Gasteiger partial charge in [0.25, 0.3) is 5.56 Å². The van der Waals surface area contributed by atoms with Gasteiger partial charge >= 0.3 is 0 Å². The van der Waals surface area contributed by atoms with Crippen molar-refractivity contribution in [2.45, 2.75) is 26.8 Å². The first-order chi connectivity index (χ1) is 14.5. The van der Waals surface area contributed by atoms with Crippen molar-refractivity contribution in [2.24, 2.45) is 0 Å². The second-order valence-electron chi connectivity index (χ2n) is 7.19. The third-order valence-corrected chi connectivity index (χ3v) is 5.05. The van der Waals surface area contributed by atoms with Gasteiger partial charge < -0.3 is 5.32 Å². The van der Waals surface area contributed by atoms with Crippen molar-refractivity contribution in [1.82, 2.24) is 24.9 Å². The summed E-state index contributed by atoms with van der Waals surface area (Å²) < 4.78 is 2.96. The van der Waals surface area contributed by atoms with Crippen molar-refractivity contribution in [2.75, 3.05) is 6.54 Å². The van der Waals surface area contributed by atoms with Gasteiger partial charge in [-0.3, -0.25) is 9.59 Å². The Hall–Kier alpha value is -3.74. The number of rotatable bonds is 6. The average Bonchev–Trinajstić information content (AvgIpc) is 3.11. The number of para-hydroxylation sites is 1. The Morgan fingerprint density at radius 3 is 2.33 bits per heavy atom. The van der Waals surface area contributed by atoms with Gasteiger partial charge in [0.15, 0.2) is 0 Å². The maximum Gasteiger partial charge on any atom is 0.278 e. The van der Waals surface area contributed by atoms with Crippen molar-refractivity contribution in [3.63, 3.8) is 0 Å². The van der Waals surface area contributed by atoms with Crippen molar-refractivity contribution in [3.8, 4) is 5.69 Å². The predicted octanol–water partition coefficient (Wildman–Crippen LogP) is 2.56. The number of amides is 1. The molecule has 2 aromatic heterocycles. The molecule has 0 bridgehead atoms. The van der Waals surface area contributed by atoms with E-state index in [1.807, 2.05) is 67.6 Å². The Bertz CT molecular complexity index is 1240. The molecule has 0 atom stereocenters. The molecule has 0 saturated heterocycles. The van der Waals surface area contributed by atoms with Crippen LogP contribution in [-0.4, -0.2) is 32.0 Å². The summed E-state index contributed by atoms with van der Waals surface area (Å²) in [6.45, 7) is 4.03. The highest BCUT2D eigenvalue weighted by molar-refractivity contribution is 5.83. The van der Waals surface area contributed by atoms with Crippen LogP contribution in [0, 0.1) is 13.8 Å². The molecular formula is C23H23N5O2. The fraction of sp³-hybridized carbons (Fsp3) is 0.217. The van der Waals surface area contributed by atoms with E-state index in [4.69, 9.17) is 0 Å². The normalized spacial score (nSPS) is 11.0. The highest BCUT2D eigenvalue weighted by Gasteiger charge is 2.18. The summed E-state index contributed by atoms with van der Waals surface area (Å²) >= 11 is 0. The van der Waals surface area contributed by atoms with Crippen LogP contribution in [0.25, 0.3) is 16.6 Å². The van der Waals surface area contributed by atoms with Gasteiger partial charge in [0.1, 0.15) is 12.1 Å². The molecule has 0 aliphatic heterocycles. The number of fused-ring (bicyclic) bond motifs is 1. The van der Waals surface area contributed by atoms with Gasteiger partial charge in [0, 0.05) is 6.54 Å². The Morgan fingerprint density at radius 2 is 1.63 bits per heavy atom. The monoisotopic (exact) mass is 401 g/mol. The fourth-order valence-electron chi connectivity index (χ4n) is 3.53. The lowest BCUT2D eigenvalue weighted by Crippen LogP contribution is -2.35. The number of hydrogen-bond acceptors (Lipinski definition) is 4. The molecule has 0 aliphatic rings. The Morgan fingerprint density at radius 1 is 0.967 bits per heavy atom. The third kappa shape index (κ3) is 3.87. The number of carbonyl (C=O) groups is 1. The van der Waals surface area contributed by atoms with Crippen LogP contribution in [0.15, 0.2) is 65.5 Å². The molecule has 0 spiro atoms. The maximum absolute atomic E-state index is 13.0. The fourth-order valence-corrected chi connectivity index (χ4v) is 3.53. The number of carbonyl (C=O) groups excluding carboxylic acids is 1. The summed E-state index contributed by atoms with van der Waals surface area (Å²) in [6.07, 6.45) is 0.732. The first kappa shape index (κ1) is 19.6. The zero-order chi connectivity index (χ0) is 21.1. The van der Waals surface area contributed by atoms with E-state index in [0.29, 0.717) is 23.1 Å². The number of nitrogens with one attached hydrogen (secondary N) is 1. The number of aromatic nitrogens is 4. The molecule has 4 aromatic rings. The number of aryl methyl sites for hydroxylation is 2. The average molecular weight is 401 g/mol. The lowest BCUT2D eigenvalue weighted by Gasteiger charge is -2.08. The van der Waals surface area contributed by atoms with Crippen molar-refractivity contribution >= 4 is 16.8 Å². The van der Waals surface area contributed by atoms with Gasteiger partial charge in [-0.05, 0) is 38.0 Å². The zero-order valence-electron chi connectivity index (χ0n) is 17.0. The minimum absolute atomic E-state index is 0.125. The van der Waals surface area contributed by atoms with Crippen LogP contribution in [0.1, 0.15) is 17.0 Å². The molecule has 0 fully saturated rings. The molecule has 2 heterocycles. The number of benzene rings is 2.